The Hall–Kier alpha value is -0.330. The Balaban J connectivity index is 2.50. The van der Waals surface area contributed by atoms with Crippen LogP contribution in [-0.2, 0) is 4.74 Å². The second-order valence-corrected chi connectivity index (χ2v) is 6.29. The molecule has 0 spiro atoms. The number of ether oxygens (including phenoxy) is 1. The van der Waals surface area contributed by atoms with Crippen LogP contribution >= 0.6 is 0 Å². The normalized spacial score (nSPS) is 24.6. The first-order valence-electron chi connectivity index (χ1n) is 7.29. The van der Waals surface area contributed by atoms with Crippen molar-refractivity contribution in [2.75, 3.05) is 39.9 Å². The Labute approximate surface area is 119 Å². The summed E-state index contributed by atoms with van der Waals surface area (Å²) < 4.78 is 42.4. The van der Waals surface area contributed by atoms with E-state index in [9.17, 15) is 13.2 Å². The molecule has 0 aromatic heterocycles. The first-order valence-corrected chi connectivity index (χ1v) is 7.29. The number of nitrogens with zero attached hydrogens (tertiary/aromatic N) is 1. The third kappa shape index (κ3) is 6.90. The van der Waals surface area contributed by atoms with Crippen LogP contribution in [0.4, 0.5) is 13.2 Å². The van der Waals surface area contributed by atoms with E-state index in [1.165, 1.54) is 0 Å². The Kier molecular flexibility index (Phi) is 6.75. The van der Waals surface area contributed by atoms with Crippen LogP contribution < -0.4 is 5.32 Å². The molecule has 20 heavy (non-hydrogen) atoms. The highest BCUT2D eigenvalue weighted by Gasteiger charge is 2.35. The van der Waals surface area contributed by atoms with E-state index in [1.807, 2.05) is 0 Å². The van der Waals surface area contributed by atoms with Crippen LogP contribution in [0.5, 0.6) is 0 Å². The van der Waals surface area contributed by atoms with Gasteiger partial charge in [0.05, 0.1) is 13.0 Å². The average Bonchev–Trinajstić information content (AvgIpc) is 2.34. The fourth-order valence-electron chi connectivity index (χ4n) is 2.62. The van der Waals surface area contributed by atoms with Crippen LogP contribution in [0.2, 0.25) is 0 Å². The summed E-state index contributed by atoms with van der Waals surface area (Å²) in [5.41, 5.74) is -0.0666. The number of hydrogen-bond donors (Lipinski definition) is 1. The molecule has 1 rings (SSSR count). The molecule has 0 amide bonds. The van der Waals surface area contributed by atoms with Gasteiger partial charge in [-0.05, 0) is 19.9 Å². The smallest absolute Gasteiger partial charge is 0.381 e. The van der Waals surface area contributed by atoms with Crippen molar-refractivity contribution in [1.82, 2.24) is 10.2 Å². The summed E-state index contributed by atoms with van der Waals surface area (Å²) in [5.74, 6) is 0. The highest BCUT2D eigenvalue weighted by Crippen LogP contribution is 2.29. The maximum absolute atomic E-state index is 12.3. The van der Waals surface area contributed by atoms with Gasteiger partial charge in [0.2, 0.25) is 0 Å². The summed E-state index contributed by atoms with van der Waals surface area (Å²) in [6, 6.07) is 0.370. The first-order chi connectivity index (χ1) is 9.22. The number of alkyl halides is 3. The van der Waals surface area contributed by atoms with E-state index in [1.54, 1.807) is 11.9 Å². The fourth-order valence-corrected chi connectivity index (χ4v) is 2.62. The molecule has 0 bridgehead atoms. The lowest BCUT2D eigenvalue weighted by molar-refractivity contribution is -0.138. The minimum Gasteiger partial charge on any atom is -0.381 e. The van der Waals surface area contributed by atoms with Crippen molar-refractivity contribution in [1.29, 1.82) is 0 Å². The second-order valence-electron chi connectivity index (χ2n) is 6.29. The van der Waals surface area contributed by atoms with E-state index in [2.05, 4.69) is 19.2 Å². The van der Waals surface area contributed by atoms with Crippen LogP contribution in [0.1, 0.15) is 33.1 Å². The summed E-state index contributed by atoms with van der Waals surface area (Å²) in [6.07, 6.45) is -2.85. The van der Waals surface area contributed by atoms with Gasteiger partial charge in [-0.3, -0.25) is 0 Å². The second kappa shape index (κ2) is 7.61. The molecule has 6 heteroatoms. The summed E-state index contributed by atoms with van der Waals surface area (Å²) >= 11 is 0. The Morgan fingerprint density at radius 3 is 2.55 bits per heavy atom. The van der Waals surface area contributed by atoms with E-state index < -0.39 is 12.6 Å². The van der Waals surface area contributed by atoms with Gasteiger partial charge in [0, 0.05) is 37.7 Å². The molecule has 3 nitrogen and oxygen atoms in total. The summed E-state index contributed by atoms with van der Waals surface area (Å²) in [7, 11) is 1.76. The van der Waals surface area contributed by atoms with Crippen LogP contribution in [0.15, 0.2) is 0 Å². The summed E-state index contributed by atoms with van der Waals surface area (Å²) in [4.78, 5) is 1.78. The minimum atomic E-state index is -4.08. The molecule has 1 unspecified atom stereocenters. The molecule has 0 aliphatic carbocycles. The first kappa shape index (κ1) is 17.7. The number of hydrogen-bond acceptors (Lipinski definition) is 3. The highest BCUT2D eigenvalue weighted by molar-refractivity contribution is 4.87. The van der Waals surface area contributed by atoms with Crippen molar-refractivity contribution in [3.63, 3.8) is 0 Å². The minimum absolute atomic E-state index is 0.0485. The average molecular weight is 296 g/mol. The van der Waals surface area contributed by atoms with Gasteiger partial charge in [-0.15, -0.1) is 0 Å². The SMILES string of the molecule is CC(C)NCC1(CN(C)CCC(F)(F)F)CCCOC1. The Morgan fingerprint density at radius 1 is 1.35 bits per heavy atom. The standard InChI is InChI=1S/C14H27F3N2O/c1-12(2)18-9-13(5-4-8-20-11-13)10-19(3)7-6-14(15,16)17/h12,18H,4-11H2,1-3H3. The maximum Gasteiger partial charge on any atom is 0.390 e. The zero-order valence-corrected chi connectivity index (χ0v) is 12.7. The monoisotopic (exact) mass is 296 g/mol. The van der Waals surface area contributed by atoms with Gasteiger partial charge in [0.1, 0.15) is 0 Å². The van der Waals surface area contributed by atoms with Gasteiger partial charge in [-0.1, -0.05) is 13.8 Å². The van der Waals surface area contributed by atoms with Gasteiger partial charge >= 0.3 is 6.18 Å². The predicted molar refractivity (Wildman–Crippen MR) is 73.8 cm³/mol. The lowest BCUT2D eigenvalue weighted by Crippen LogP contribution is -2.49. The molecule has 0 aromatic rings. The van der Waals surface area contributed by atoms with Crippen molar-refractivity contribution < 1.29 is 17.9 Å². The molecule has 0 aromatic carbocycles. The highest BCUT2D eigenvalue weighted by atomic mass is 19.4. The number of halogens is 3. The summed E-state index contributed by atoms with van der Waals surface area (Å²) in [5, 5.41) is 3.40. The molecule has 1 N–H and O–H groups in total. The van der Waals surface area contributed by atoms with E-state index in [4.69, 9.17) is 4.74 Å². The van der Waals surface area contributed by atoms with Crippen molar-refractivity contribution >= 4 is 0 Å². The molecule has 1 saturated heterocycles. The topological polar surface area (TPSA) is 24.5 Å². The molecule has 0 radical (unpaired) electrons. The zero-order valence-electron chi connectivity index (χ0n) is 12.7. The Morgan fingerprint density at radius 2 is 2.05 bits per heavy atom. The molecule has 1 atom stereocenters. The quantitative estimate of drug-likeness (QED) is 0.782. The third-order valence-electron chi connectivity index (χ3n) is 3.67. The molecule has 1 aliphatic rings. The molecular formula is C14H27F3N2O. The van der Waals surface area contributed by atoms with E-state index in [-0.39, 0.29) is 12.0 Å². The molecule has 1 fully saturated rings. The molecule has 1 aliphatic heterocycles. The van der Waals surface area contributed by atoms with Gasteiger partial charge in [-0.25, -0.2) is 0 Å². The van der Waals surface area contributed by atoms with Gasteiger partial charge in [-0.2, -0.15) is 13.2 Å². The van der Waals surface area contributed by atoms with Crippen LogP contribution in [-0.4, -0.2) is 57.0 Å². The fraction of sp³-hybridized carbons (Fsp3) is 1.00. The lowest BCUT2D eigenvalue weighted by atomic mass is 9.81. The molecule has 120 valence electrons. The maximum atomic E-state index is 12.3. The van der Waals surface area contributed by atoms with Crippen molar-refractivity contribution in [2.24, 2.45) is 5.41 Å². The van der Waals surface area contributed by atoms with Crippen LogP contribution in [0, 0.1) is 5.41 Å². The van der Waals surface area contributed by atoms with Gasteiger partial charge in [0.15, 0.2) is 0 Å². The van der Waals surface area contributed by atoms with Crippen molar-refractivity contribution in [3.8, 4) is 0 Å². The van der Waals surface area contributed by atoms with E-state index in [0.29, 0.717) is 19.2 Å². The van der Waals surface area contributed by atoms with Crippen molar-refractivity contribution in [2.45, 2.75) is 45.3 Å². The third-order valence-corrected chi connectivity index (χ3v) is 3.67. The molecule has 1 heterocycles. The molecule has 0 saturated carbocycles. The summed E-state index contributed by atoms with van der Waals surface area (Å²) in [6.45, 7) is 7.02. The van der Waals surface area contributed by atoms with Gasteiger partial charge < -0.3 is 15.0 Å². The van der Waals surface area contributed by atoms with Crippen LogP contribution in [0.25, 0.3) is 0 Å². The van der Waals surface area contributed by atoms with E-state index in [0.717, 1.165) is 26.0 Å². The van der Waals surface area contributed by atoms with E-state index >= 15 is 0 Å². The van der Waals surface area contributed by atoms with Gasteiger partial charge in [0.25, 0.3) is 0 Å². The zero-order chi connectivity index (χ0) is 15.2. The van der Waals surface area contributed by atoms with Crippen molar-refractivity contribution in [3.05, 3.63) is 0 Å². The van der Waals surface area contributed by atoms with Crippen LogP contribution in [0.3, 0.4) is 0 Å². The molecular weight excluding hydrogens is 269 g/mol. The number of nitrogens with one attached hydrogen (secondary N) is 1. The predicted octanol–water partition coefficient (Wildman–Crippen LogP) is 2.67. The number of rotatable bonds is 7. The Bertz CT molecular complexity index is 276. The largest absolute Gasteiger partial charge is 0.390 e. The lowest BCUT2D eigenvalue weighted by Gasteiger charge is -2.40.